The Kier molecular flexibility index (Phi) is 8.79. The molecule has 4 aromatic carbocycles. The van der Waals surface area contributed by atoms with Crippen LogP contribution in [0.25, 0.3) is 0 Å². The van der Waals surface area contributed by atoms with Crippen molar-refractivity contribution in [1.82, 2.24) is 0 Å². The van der Waals surface area contributed by atoms with Gasteiger partial charge in [0.15, 0.2) is 0 Å². The number of para-hydroxylation sites is 2. The van der Waals surface area contributed by atoms with Gasteiger partial charge in [-0.3, -0.25) is 9.59 Å². The molecule has 2 N–H and O–H groups in total. The second-order valence-corrected chi connectivity index (χ2v) is 9.03. The van der Waals surface area contributed by atoms with Gasteiger partial charge in [0.2, 0.25) is 11.2 Å². The van der Waals surface area contributed by atoms with E-state index in [2.05, 4.69) is 0 Å². The summed E-state index contributed by atoms with van der Waals surface area (Å²) in [7, 11) is 0. The minimum absolute atomic E-state index is 0.108. The number of carboxylic acid groups (broad SMARTS) is 2. The molecular formula is C32H26O9. The Labute approximate surface area is 235 Å². The predicted octanol–water partition coefficient (Wildman–Crippen LogP) is 4.95. The van der Waals surface area contributed by atoms with Crippen LogP contribution in [0.2, 0.25) is 0 Å². The van der Waals surface area contributed by atoms with Crippen LogP contribution in [0.15, 0.2) is 121 Å². The smallest absolute Gasteiger partial charge is 0.363 e. The average molecular weight is 555 g/mol. The first-order valence-electron chi connectivity index (χ1n) is 12.5. The van der Waals surface area contributed by atoms with Crippen LogP contribution in [0.4, 0.5) is 0 Å². The van der Waals surface area contributed by atoms with Gasteiger partial charge in [0.25, 0.3) is 0 Å². The van der Waals surface area contributed by atoms with Crippen molar-refractivity contribution in [1.29, 1.82) is 0 Å². The van der Waals surface area contributed by atoms with Crippen molar-refractivity contribution >= 4 is 23.9 Å². The fourth-order valence-electron chi connectivity index (χ4n) is 4.33. The largest absolute Gasteiger partial charge is 0.481 e. The second-order valence-electron chi connectivity index (χ2n) is 9.03. The van der Waals surface area contributed by atoms with Crippen LogP contribution in [0.5, 0.6) is 11.5 Å². The topological polar surface area (TPSA) is 136 Å². The Balaban J connectivity index is 1.83. The zero-order chi connectivity index (χ0) is 29.3. The van der Waals surface area contributed by atoms with Crippen molar-refractivity contribution in [3.05, 3.63) is 132 Å². The Morgan fingerprint density at radius 3 is 1.07 bits per heavy atom. The number of carboxylic acids is 2. The maximum atomic E-state index is 14.0. The van der Waals surface area contributed by atoms with Gasteiger partial charge < -0.3 is 24.4 Å². The Hall–Kier alpha value is -5.44. The zero-order valence-corrected chi connectivity index (χ0v) is 21.7. The molecule has 0 saturated carbocycles. The van der Waals surface area contributed by atoms with E-state index in [1.807, 2.05) is 0 Å². The fraction of sp³-hybridized carbons (Fsp3) is 0.125. The summed E-state index contributed by atoms with van der Waals surface area (Å²) < 4.78 is 17.4. The van der Waals surface area contributed by atoms with Gasteiger partial charge in [-0.25, -0.2) is 9.59 Å². The molecule has 0 saturated heterocycles. The molecule has 0 aromatic heterocycles. The first-order chi connectivity index (χ1) is 19.7. The van der Waals surface area contributed by atoms with Gasteiger partial charge >= 0.3 is 23.9 Å². The molecule has 0 amide bonds. The van der Waals surface area contributed by atoms with E-state index >= 15 is 0 Å². The van der Waals surface area contributed by atoms with Gasteiger partial charge in [0.1, 0.15) is 24.3 Å². The molecule has 0 radical (unpaired) electrons. The van der Waals surface area contributed by atoms with Crippen LogP contribution in [-0.4, -0.2) is 34.1 Å². The lowest BCUT2D eigenvalue weighted by Gasteiger charge is -2.34. The van der Waals surface area contributed by atoms with E-state index in [1.165, 1.54) is 48.5 Å². The summed E-state index contributed by atoms with van der Waals surface area (Å²) in [6.07, 6.45) is -1.82. The number of carbonyl (C=O) groups is 4. The van der Waals surface area contributed by atoms with Gasteiger partial charge in [-0.05, 0) is 24.3 Å². The van der Waals surface area contributed by atoms with Gasteiger partial charge in [-0.2, -0.15) is 0 Å². The fourth-order valence-corrected chi connectivity index (χ4v) is 4.33. The standard InChI is InChI=1S/C32H26O9/c33-27(34)21-31(23-13-5-1-6-14-23,40-25-17-9-3-10-18-25)29(37)39-30(38)32(22-28(35)36,24-15-7-2-8-16-24)41-26-19-11-4-12-20-26/h1-20H,21-22H2,(H,33,34)(H,35,36). The van der Waals surface area contributed by atoms with E-state index in [1.54, 1.807) is 72.8 Å². The summed E-state index contributed by atoms with van der Waals surface area (Å²) in [5.74, 6) is -5.25. The molecule has 9 heteroatoms. The number of esters is 2. The van der Waals surface area contributed by atoms with Crippen LogP contribution in [0, 0.1) is 0 Å². The minimum Gasteiger partial charge on any atom is -0.481 e. The first-order valence-corrected chi connectivity index (χ1v) is 12.5. The molecule has 0 aliphatic heterocycles. The average Bonchev–Trinajstić information content (AvgIpc) is 2.98. The molecule has 0 heterocycles. The highest BCUT2D eigenvalue weighted by molar-refractivity contribution is 5.98. The van der Waals surface area contributed by atoms with Crippen LogP contribution in [0.3, 0.4) is 0 Å². The van der Waals surface area contributed by atoms with Crippen molar-refractivity contribution in [3.8, 4) is 11.5 Å². The summed E-state index contributed by atoms with van der Waals surface area (Å²) in [6.45, 7) is 0. The normalized spacial score (nSPS) is 13.6. The lowest BCUT2D eigenvalue weighted by molar-refractivity contribution is -0.187. The zero-order valence-electron chi connectivity index (χ0n) is 21.7. The van der Waals surface area contributed by atoms with Crippen LogP contribution in [0.1, 0.15) is 24.0 Å². The lowest BCUT2D eigenvalue weighted by Crippen LogP contribution is -2.50. The molecule has 4 aromatic rings. The Morgan fingerprint density at radius 1 is 0.488 bits per heavy atom. The molecule has 0 aliphatic rings. The lowest BCUT2D eigenvalue weighted by atomic mass is 9.88. The van der Waals surface area contributed by atoms with E-state index in [4.69, 9.17) is 14.2 Å². The SMILES string of the molecule is O=C(O)CC(Oc1ccccc1)(C(=O)OC(=O)C(CC(=O)O)(Oc1ccccc1)c1ccccc1)c1ccccc1. The molecule has 0 aliphatic carbocycles. The van der Waals surface area contributed by atoms with Gasteiger partial charge in [-0.1, -0.05) is 97.1 Å². The molecular weight excluding hydrogens is 528 g/mol. The van der Waals surface area contributed by atoms with E-state index < -0.39 is 47.9 Å². The van der Waals surface area contributed by atoms with Crippen molar-refractivity contribution in [2.24, 2.45) is 0 Å². The molecule has 0 fully saturated rings. The molecule has 0 spiro atoms. The third-order valence-corrected chi connectivity index (χ3v) is 6.20. The molecule has 0 bridgehead atoms. The van der Waals surface area contributed by atoms with Gasteiger partial charge in [0, 0.05) is 11.1 Å². The highest BCUT2D eigenvalue weighted by Gasteiger charge is 2.53. The second kappa shape index (κ2) is 12.6. The third kappa shape index (κ3) is 6.59. The molecule has 208 valence electrons. The van der Waals surface area contributed by atoms with Gasteiger partial charge in [0.05, 0.1) is 0 Å². The summed E-state index contributed by atoms with van der Waals surface area (Å²) >= 11 is 0. The highest BCUT2D eigenvalue weighted by Crippen LogP contribution is 2.37. The maximum Gasteiger partial charge on any atom is 0.363 e. The molecule has 9 nitrogen and oxygen atoms in total. The molecule has 2 unspecified atom stereocenters. The Bertz CT molecular complexity index is 1380. The van der Waals surface area contributed by atoms with Gasteiger partial charge in [-0.15, -0.1) is 0 Å². The number of hydrogen-bond acceptors (Lipinski definition) is 7. The van der Waals surface area contributed by atoms with E-state index in [0.29, 0.717) is 0 Å². The highest BCUT2D eigenvalue weighted by atomic mass is 16.6. The number of rotatable bonds is 12. The monoisotopic (exact) mass is 554 g/mol. The maximum absolute atomic E-state index is 14.0. The summed E-state index contributed by atoms with van der Waals surface area (Å²) in [5, 5.41) is 19.7. The van der Waals surface area contributed by atoms with E-state index in [9.17, 15) is 29.4 Å². The Morgan fingerprint density at radius 2 is 0.780 bits per heavy atom. The summed E-state index contributed by atoms with van der Waals surface area (Å²) in [6, 6.07) is 31.5. The number of ether oxygens (including phenoxy) is 3. The number of hydrogen-bond donors (Lipinski definition) is 2. The number of benzene rings is 4. The quantitative estimate of drug-likeness (QED) is 0.184. The molecule has 4 rings (SSSR count). The number of carbonyl (C=O) groups excluding carboxylic acids is 2. The van der Waals surface area contributed by atoms with Crippen LogP contribution < -0.4 is 9.47 Å². The predicted molar refractivity (Wildman–Crippen MR) is 146 cm³/mol. The van der Waals surface area contributed by atoms with Crippen molar-refractivity contribution in [2.45, 2.75) is 24.0 Å². The van der Waals surface area contributed by atoms with Crippen molar-refractivity contribution in [2.75, 3.05) is 0 Å². The van der Waals surface area contributed by atoms with E-state index in [0.717, 1.165) is 0 Å². The van der Waals surface area contributed by atoms with Crippen molar-refractivity contribution < 1.29 is 43.6 Å². The van der Waals surface area contributed by atoms with Crippen LogP contribution in [-0.2, 0) is 35.1 Å². The van der Waals surface area contributed by atoms with E-state index in [-0.39, 0.29) is 22.6 Å². The first kappa shape index (κ1) is 28.6. The van der Waals surface area contributed by atoms with Crippen LogP contribution >= 0.6 is 0 Å². The van der Waals surface area contributed by atoms with Crippen molar-refractivity contribution in [3.63, 3.8) is 0 Å². The third-order valence-electron chi connectivity index (χ3n) is 6.20. The minimum atomic E-state index is -2.32. The summed E-state index contributed by atoms with van der Waals surface area (Å²) in [4.78, 5) is 52.2. The summed E-state index contributed by atoms with van der Waals surface area (Å²) in [5.41, 5.74) is -4.42. The number of aliphatic carboxylic acids is 2. The molecule has 41 heavy (non-hydrogen) atoms. The molecule has 2 atom stereocenters.